The number of carbonyl (C=O) groups is 2. The number of primary amides is 1. The van der Waals surface area contributed by atoms with Crippen molar-refractivity contribution in [2.24, 2.45) is 5.73 Å². The Kier molecular flexibility index (Phi) is 11.2. The molecule has 0 aliphatic rings. The van der Waals surface area contributed by atoms with Crippen LogP contribution in [0.5, 0.6) is 0 Å². The van der Waals surface area contributed by atoms with Crippen molar-refractivity contribution in [2.45, 2.75) is 70.8 Å². The summed E-state index contributed by atoms with van der Waals surface area (Å²) in [6, 6.07) is 9.93. The minimum Gasteiger partial charge on any atom is -0.370 e. The highest BCUT2D eigenvalue weighted by Gasteiger charge is 2.14. The predicted octanol–water partition coefficient (Wildman–Crippen LogP) is 3.52. The summed E-state index contributed by atoms with van der Waals surface area (Å²) in [6.07, 6.45) is 8.41. The topological polar surface area (TPSA) is 84.2 Å². The molecule has 0 saturated carbocycles. The van der Waals surface area contributed by atoms with E-state index >= 15 is 0 Å². The average molecular weight is 348 g/mol. The Morgan fingerprint density at radius 2 is 1.80 bits per heavy atom. The summed E-state index contributed by atoms with van der Waals surface area (Å²) >= 11 is 0. The Labute approximate surface area is 151 Å². The van der Waals surface area contributed by atoms with E-state index in [1.54, 1.807) is 0 Å². The number of hydrogen-bond acceptors (Lipinski definition) is 2. The van der Waals surface area contributed by atoms with Crippen molar-refractivity contribution in [2.75, 3.05) is 6.54 Å². The van der Waals surface area contributed by atoms with Crippen LogP contribution in [0.25, 0.3) is 0 Å². The zero-order chi connectivity index (χ0) is 18.3. The van der Waals surface area contributed by atoms with E-state index < -0.39 is 0 Å². The van der Waals surface area contributed by atoms with Gasteiger partial charge in [-0.05, 0) is 31.2 Å². The molecule has 5 nitrogen and oxygen atoms in total. The van der Waals surface area contributed by atoms with Crippen molar-refractivity contribution in [3.63, 3.8) is 0 Å². The molecule has 0 aliphatic heterocycles. The van der Waals surface area contributed by atoms with Crippen LogP contribution < -0.4 is 16.4 Å². The lowest BCUT2D eigenvalue weighted by molar-refractivity contribution is -0.118. The van der Waals surface area contributed by atoms with Gasteiger partial charge in [0.05, 0.1) is 0 Å². The van der Waals surface area contributed by atoms with E-state index in [4.69, 9.17) is 5.73 Å². The van der Waals surface area contributed by atoms with Gasteiger partial charge in [0.2, 0.25) is 5.91 Å². The van der Waals surface area contributed by atoms with Crippen LogP contribution in [0.2, 0.25) is 0 Å². The number of nitrogens with two attached hydrogens (primary N) is 1. The van der Waals surface area contributed by atoms with Gasteiger partial charge in [0.1, 0.15) is 0 Å². The Hall–Kier alpha value is -2.04. The van der Waals surface area contributed by atoms with Crippen LogP contribution in [0.15, 0.2) is 30.3 Å². The maximum Gasteiger partial charge on any atom is 0.315 e. The van der Waals surface area contributed by atoms with Crippen LogP contribution in [-0.4, -0.2) is 24.5 Å². The summed E-state index contributed by atoms with van der Waals surface area (Å²) in [6.45, 7) is 2.83. The van der Waals surface area contributed by atoms with Crippen molar-refractivity contribution in [3.05, 3.63) is 35.9 Å². The number of carbonyl (C=O) groups excluding carboxylic acids is 2. The first-order valence-electron chi connectivity index (χ1n) is 9.48. The number of aryl methyl sites for hydroxylation is 1. The number of benzene rings is 1. The molecule has 0 radical (unpaired) electrons. The second kappa shape index (κ2) is 13.3. The first kappa shape index (κ1) is 21.0. The lowest BCUT2D eigenvalue weighted by Crippen LogP contribution is -2.44. The SMILES string of the molecule is CCCCCCNC(=O)N[C@@H](CCCCc1ccccc1)CC(N)=O. The van der Waals surface area contributed by atoms with E-state index in [-0.39, 0.29) is 24.4 Å². The first-order chi connectivity index (χ1) is 12.1. The van der Waals surface area contributed by atoms with Crippen molar-refractivity contribution in [1.82, 2.24) is 10.6 Å². The molecule has 1 aromatic carbocycles. The Morgan fingerprint density at radius 1 is 1.04 bits per heavy atom. The number of unbranched alkanes of at least 4 members (excludes halogenated alkanes) is 4. The number of rotatable bonds is 13. The summed E-state index contributed by atoms with van der Waals surface area (Å²) in [5.74, 6) is -0.378. The van der Waals surface area contributed by atoms with Gasteiger partial charge in [0.25, 0.3) is 0 Å². The first-order valence-corrected chi connectivity index (χ1v) is 9.48. The highest BCUT2D eigenvalue weighted by atomic mass is 16.2. The molecule has 1 aromatic rings. The van der Waals surface area contributed by atoms with Gasteiger partial charge in [-0.2, -0.15) is 0 Å². The zero-order valence-electron chi connectivity index (χ0n) is 15.4. The average Bonchev–Trinajstić information content (AvgIpc) is 2.59. The van der Waals surface area contributed by atoms with Crippen LogP contribution >= 0.6 is 0 Å². The van der Waals surface area contributed by atoms with E-state index in [0.717, 1.165) is 38.5 Å². The summed E-state index contributed by atoms with van der Waals surface area (Å²) < 4.78 is 0. The number of nitrogens with one attached hydrogen (secondary N) is 2. The largest absolute Gasteiger partial charge is 0.370 e. The summed E-state index contributed by atoms with van der Waals surface area (Å²) in [5, 5.41) is 5.75. The van der Waals surface area contributed by atoms with E-state index in [0.29, 0.717) is 6.54 Å². The van der Waals surface area contributed by atoms with Crippen molar-refractivity contribution < 1.29 is 9.59 Å². The Morgan fingerprint density at radius 3 is 2.48 bits per heavy atom. The molecule has 0 bridgehead atoms. The molecule has 0 fully saturated rings. The summed E-state index contributed by atoms with van der Waals surface area (Å²) in [7, 11) is 0. The molecule has 25 heavy (non-hydrogen) atoms. The van der Waals surface area contributed by atoms with Crippen LogP contribution in [0.1, 0.15) is 63.9 Å². The number of hydrogen-bond donors (Lipinski definition) is 3. The molecular formula is C20H33N3O2. The lowest BCUT2D eigenvalue weighted by Gasteiger charge is -2.18. The molecule has 0 unspecified atom stereocenters. The van der Waals surface area contributed by atoms with Crippen molar-refractivity contribution in [3.8, 4) is 0 Å². The van der Waals surface area contributed by atoms with Crippen LogP contribution in [0.3, 0.4) is 0 Å². The molecule has 0 saturated heterocycles. The van der Waals surface area contributed by atoms with Crippen LogP contribution in [-0.2, 0) is 11.2 Å². The van der Waals surface area contributed by atoms with Gasteiger partial charge < -0.3 is 16.4 Å². The van der Waals surface area contributed by atoms with Gasteiger partial charge in [0.15, 0.2) is 0 Å². The summed E-state index contributed by atoms with van der Waals surface area (Å²) in [4.78, 5) is 23.2. The smallest absolute Gasteiger partial charge is 0.315 e. The summed E-state index contributed by atoms with van der Waals surface area (Å²) in [5.41, 5.74) is 6.62. The monoisotopic (exact) mass is 347 g/mol. The minimum atomic E-state index is -0.378. The van der Waals surface area contributed by atoms with Gasteiger partial charge in [-0.3, -0.25) is 4.79 Å². The zero-order valence-corrected chi connectivity index (χ0v) is 15.4. The quantitative estimate of drug-likeness (QED) is 0.477. The second-order valence-electron chi connectivity index (χ2n) is 6.56. The Balaban J connectivity index is 2.25. The molecule has 140 valence electrons. The molecule has 0 aliphatic carbocycles. The fourth-order valence-electron chi connectivity index (χ4n) is 2.82. The Bertz CT molecular complexity index is 491. The highest BCUT2D eigenvalue weighted by molar-refractivity contribution is 5.77. The standard InChI is InChI=1S/C20H33N3O2/c1-2-3-4-10-15-22-20(25)23-18(16-19(21)24)14-9-8-13-17-11-6-5-7-12-17/h5-7,11-12,18H,2-4,8-10,13-16H2,1H3,(H2,21,24)(H2,22,23,25)/t18-/m0/s1. The third kappa shape index (κ3) is 11.2. The molecule has 0 spiro atoms. The fourth-order valence-corrected chi connectivity index (χ4v) is 2.82. The molecular weight excluding hydrogens is 314 g/mol. The van der Waals surface area contributed by atoms with E-state index in [1.807, 2.05) is 18.2 Å². The van der Waals surface area contributed by atoms with E-state index in [1.165, 1.54) is 18.4 Å². The molecule has 0 heterocycles. The third-order valence-electron chi connectivity index (χ3n) is 4.21. The number of amides is 3. The lowest BCUT2D eigenvalue weighted by atomic mass is 10.0. The van der Waals surface area contributed by atoms with E-state index in [2.05, 4.69) is 29.7 Å². The van der Waals surface area contributed by atoms with Gasteiger partial charge >= 0.3 is 6.03 Å². The highest BCUT2D eigenvalue weighted by Crippen LogP contribution is 2.09. The molecule has 4 N–H and O–H groups in total. The van der Waals surface area contributed by atoms with Gasteiger partial charge in [-0.1, -0.05) is 62.9 Å². The molecule has 1 rings (SSSR count). The molecule has 0 aromatic heterocycles. The third-order valence-corrected chi connectivity index (χ3v) is 4.21. The molecule has 1 atom stereocenters. The fraction of sp³-hybridized carbons (Fsp3) is 0.600. The van der Waals surface area contributed by atoms with Crippen LogP contribution in [0, 0.1) is 0 Å². The second-order valence-corrected chi connectivity index (χ2v) is 6.56. The normalized spacial score (nSPS) is 11.7. The maximum absolute atomic E-state index is 11.9. The molecule has 5 heteroatoms. The van der Waals surface area contributed by atoms with E-state index in [9.17, 15) is 9.59 Å². The van der Waals surface area contributed by atoms with Gasteiger partial charge in [0, 0.05) is 19.0 Å². The van der Waals surface area contributed by atoms with Crippen molar-refractivity contribution in [1.29, 1.82) is 0 Å². The maximum atomic E-state index is 11.9. The van der Waals surface area contributed by atoms with Gasteiger partial charge in [-0.25, -0.2) is 4.79 Å². The number of urea groups is 1. The minimum absolute atomic E-state index is 0.189. The van der Waals surface area contributed by atoms with Crippen LogP contribution in [0.4, 0.5) is 4.79 Å². The van der Waals surface area contributed by atoms with Gasteiger partial charge in [-0.15, -0.1) is 0 Å². The predicted molar refractivity (Wildman–Crippen MR) is 102 cm³/mol. The molecule has 3 amide bonds. The van der Waals surface area contributed by atoms with Crippen molar-refractivity contribution >= 4 is 11.9 Å².